The minimum absolute atomic E-state index is 0.0198. The predicted octanol–water partition coefficient (Wildman–Crippen LogP) is 1.62. The van der Waals surface area contributed by atoms with Crippen LogP contribution in [0.5, 0.6) is 0 Å². The smallest absolute Gasteiger partial charge is 0.163 e. The maximum Gasteiger partial charge on any atom is 0.163 e. The highest BCUT2D eigenvalue weighted by Crippen LogP contribution is 2.18. The molecule has 1 atom stereocenters. The number of hydrogen-bond donors (Lipinski definition) is 2. The first-order valence-corrected chi connectivity index (χ1v) is 5.52. The van der Waals surface area contributed by atoms with Crippen molar-refractivity contribution in [2.75, 3.05) is 26.4 Å². The van der Waals surface area contributed by atoms with E-state index in [-0.39, 0.29) is 19.3 Å². The number of halogens is 2. The molecule has 0 aromatic heterocycles. The highest BCUT2D eigenvalue weighted by molar-refractivity contribution is 5.21. The normalized spacial score (nSPS) is 12.7. The molecular weight excluding hydrogens is 228 g/mol. The van der Waals surface area contributed by atoms with Crippen molar-refractivity contribution < 1.29 is 18.6 Å². The van der Waals surface area contributed by atoms with Gasteiger partial charge >= 0.3 is 0 Å². The van der Waals surface area contributed by atoms with Gasteiger partial charge in [0.15, 0.2) is 11.6 Å². The molecule has 1 aromatic rings. The second-order valence-corrected chi connectivity index (χ2v) is 3.65. The van der Waals surface area contributed by atoms with Gasteiger partial charge < -0.3 is 15.2 Å². The van der Waals surface area contributed by atoms with E-state index in [1.807, 2.05) is 0 Å². The largest absolute Gasteiger partial charge is 0.394 e. The Hall–Kier alpha value is -1.04. The van der Waals surface area contributed by atoms with E-state index >= 15 is 0 Å². The second kappa shape index (κ2) is 7.32. The molecule has 0 radical (unpaired) electrons. The Balaban J connectivity index is 2.41. The van der Waals surface area contributed by atoms with Gasteiger partial charge in [-0.1, -0.05) is 12.1 Å². The van der Waals surface area contributed by atoms with Gasteiger partial charge in [-0.15, -0.1) is 0 Å². The Morgan fingerprint density at radius 1 is 1.35 bits per heavy atom. The van der Waals surface area contributed by atoms with Crippen LogP contribution in [0.2, 0.25) is 0 Å². The van der Waals surface area contributed by atoms with Crippen molar-refractivity contribution in [1.82, 2.24) is 5.32 Å². The summed E-state index contributed by atoms with van der Waals surface area (Å²) in [6, 6.07) is 3.83. The monoisotopic (exact) mass is 245 g/mol. The van der Waals surface area contributed by atoms with Crippen molar-refractivity contribution >= 4 is 0 Å². The quantitative estimate of drug-likeness (QED) is 0.717. The molecule has 0 aliphatic heterocycles. The summed E-state index contributed by atoms with van der Waals surface area (Å²) >= 11 is 0. The molecule has 0 saturated heterocycles. The lowest BCUT2D eigenvalue weighted by atomic mass is 10.1. The molecule has 0 fully saturated rings. The van der Waals surface area contributed by atoms with Gasteiger partial charge in [0.2, 0.25) is 0 Å². The molecular formula is C12H17F2NO2. The van der Waals surface area contributed by atoms with E-state index in [0.717, 1.165) is 6.07 Å². The van der Waals surface area contributed by atoms with Gasteiger partial charge in [-0.3, -0.25) is 0 Å². The molecule has 3 nitrogen and oxygen atoms in total. The molecule has 0 heterocycles. The number of nitrogens with one attached hydrogen (secondary N) is 1. The highest BCUT2D eigenvalue weighted by Gasteiger charge is 2.13. The fraction of sp³-hybridized carbons (Fsp3) is 0.500. The van der Waals surface area contributed by atoms with E-state index < -0.39 is 11.6 Å². The average Bonchev–Trinajstić information content (AvgIpc) is 2.32. The van der Waals surface area contributed by atoms with E-state index in [1.54, 1.807) is 13.0 Å². The van der Waals surface area contributed by atoms with E-state index in [2.05, 4.69) is 5.32 Å². The molecule has 0 amide bonds. The van der Waals surface area contributed by atoms with Crippen LogP contribution in [0, 0.1) is 11.6 Å². The van der Waals surface area contributed by atoms with Gasteiger partial charge in [-0.25, -0.2) is 8.78 Å². The van der Waals surface area contributed by atoms with Crippen LogP contribution in [0.25, 0.3) is 0 Å². The molecule has 1 aromatic carbocycles. The maximum atomic E-state index is 13.4. The van der Waals surface area contributed by atoms with Crippen LogP contribution in [0.15, 0.2) is 18.2 Å². The molecule has 2 N–H and O–H groups in total. The van der Waals surface area contributed by atoms with Gasteiger partial charge in [0, 0.05) is 18.2 Å². The summed E-state index contributed by atoms with van der Waals surface area (Å²) in [4.78, 5) is 0. The number of aliphatic hydroxyl groups excluding tert-OH is 1. The van der Waals surface area contributed by atoms with E-state index in [0.29, 0.717) is 18.7 Å². The third-order valence-corrected chi connectivity index (χ3v) is 2.38. The summed E-state index contributed by atoms with van der Waals surface area (Å²) in [6.07, 6.45) is 0. The van der Waals surface area contributed by atoms with Crippen LogP contribution < -0.4 is 5.32 Å². The fourth-order valence-electron chi connectivity index (χ4n) is 1.48. The SMILES string of the molecule is CC(NCCOCCO)c1cccc(F)c1F. The van der Waals surface area contributed by atoms with Crippen LogP contribution in [0.4, 0.5) is 8.78 Å². The van der Waals surface area contributed by atoms with Crippen molar-refractivity contribution in [1.29, 1.82) is 0 Å². The summed E-state index contributed by atoms with van der Waals surface area (Å²) in [5, 5.41) is 11.5. The Labute approximate surface area is 99.4 Å². The Morgan fingerprint density at radius 3 is 2.82 bits per heavy atom. The van der Waals surface area contributed by atoms with Gasteiger partial charge in [-0.05, 0) is 13.0 Å². The first kappa shape index (κ1) is 14.0. The number of hydrogen-bond acceptors (Lipinski definition) is 3. The Kier molecular flexibility index (Phi) is 6.04. The topological polar surface area (TPSA) is 41.5 Å². The molecule has 1 unspecified atom stereocenters. The molecule has 0 saturated carbocycles. The molecule has 96 valence electrons. The molecule has 0 aliphatic rings. The summed E-state index contributed by atoms with van der Waals surface area (Å²) in [7, 11) is 0. The van der Waals surface area contributed by atoms with E-state index in [9.17, 15) is 8.78 Å². The maximum absolute atomic E-state index is 13.4. The van der Waals surface area contributed by atoms with Gasteiger partial charge in [0.05, 0.1) is 19.8 Å². The van der Waals surface area contributed by atoms with Gasteiger partial charge in [0.1, 0.15) is 0 Å². The molecule has 1 rings (SSSR count). The van der Waals surface area contributed by atoms with E-state index in [1.165, 1.54) is 6.07 Å². The van der Waals surface area contributed by atoms with Crippen LogP contribution in [-0.4, -0.2) is 31.5 Å². The average molecular weight is 245 g/mol. The first-order valence-electron chi connectivity index (χ1n) is 5.52. The zero-order valence-electron chi connectivity index (χ0n) is 9.75. The number of rotatable bonds is 7. The summed E-state index contributed by atoms with van der Waals surface area (Å²) in [5.74, 6) is -1.66. The summed E-state index contributed by atoms with van der Waals surface area (Å²) in [6.45, 7) is 2.95. The molecule has 0 aliphatic carbocycles. The summed E-state index contributed by atoms with van der Waals surface area (Å²) in [5.41, 5.74) is 0.298. The molecule has 0 spiro atoms. The van der Waals surface area contributed by atoms with Crippen LogP contribution >= 0.6 is 0 Å². The third kappa shape index (κ3) is 4.38. The molecule has 5 heteroatoms. The lowest BCUT2D eigenvalue weighted by molar-refractivity contribution is 0.0928. The van der Waals surface area contributed by atoms with Gasteiger partial charge in [-0.2, -0.15) is 0 Å². The van der Waals surface area contributed by atoms with Crippen molar-refractivity contribution in [3.8, 4) is 0 Å². The zero-order chi connectivity index (χ0) is 12.7. The number of benzene rings is 1. The first-order chi connectivity index (χ1) is 8.16. The van der Waals surface area contributed by atoms with E-state index in [4.69, 9.17) is 9.84 Å². The minimum Gasteiger partial charge on any atom is -0.394 e. The van der Waals surface area contributed by atoms with Crippen molar-refractivity contribution in [3.05, 3.63) is 35.4 Å². The molecule has 17 heavy (non-hydrogen) atoms. The lowest BCUT2D eigenvalue weighted by Gasteiger charge is -2.15. The van der Waals surface area contributed by atoms with Crippen molar-refractivity contribution in [2.45, 2.75) is 13.0 Å². The summed E-state index contributed by atoms with van der Waals surface area (Å²) < 4.78 is 31.4. The van der Waals surface area contributed by atoms with Crippen LogP contribution in [-0.2, 0) is 4.74 Å². The number of ether oxygens (including phenoxy) is 1. The van der Waals surface area contributed by atoms with Crippen molar-refractivity contribution in [2.24, 2.45) is 0 Å². The fourth-order valence-corrected chi connectivity index (χ4v) is 1.48. The lowest BCUT2D eigenvalue weighted by Crippen LogP contribution is -2.24. The Bertz CT molecular complexity index is 347. The predicted molar refractivity (Wildman–Crippen MR) is 60.7 cm³/mol. The van der Waals surface area contributed by atoms with Gasteiger partial charge in [0.25, 0.3) is 0 Å². The molecule has 0 bridgehead atoms. The Morgan fingerprint density at radius 2 is 2.12 bits per heavy atom. The zero-order valence-corrected chi connectivity index (χ0v) is 9.75. The van der Waals surface area contributed by atoms with Crippen molar-refractivity contribution in [3.63, 3.8) is 0 Å². The minimum atomic E-state index is -0.840. The van der Waals surface area contributed by atoms with Crippen LogP contribution in [0.1, 0.15) is 18.5 Å². The highest BCUT2D eigenvalue weighted by atomic mass is 19.2. The second-order valence-electron chi connectivity index (χ2n) is 3.65. The number of aliphatic hydroxyl groups is 1. The van der Waals surface area contributed by atoms with Crippen LogP contribution in [0.3, 0.4) is 0 Å². The standard InChI is InChI=1S/C12H17F2NO2/c1-9(15-5-7-17-8-6-16)10-3-2-4-11(13)12(10)14/h2-4,9,15-16H,5-8H2,1H3. The third-order valence-electron chi connectivity index (χ3n) is 2.38.